The summed E-state index contributed by atoms with van der Waals surface area (Å²) in [7, 11) is 0. The van der Waals surface area contributed by atoms with Gasteiger partial charge in [-0.1, -0.05) is 11.3 Å². The number of carbonyl (C=O) groups excluding carboxylic acids is 1. The Labute approximate surface area is 160 Å². The number of nitrogens with one attached hydrogen (secondary N) is 1. The van der Waals surface area contributed by atoms with Crippen molar-refractivity contribution < 1.29 is 4.79 Å². The number of benzene rings is 1. The lowest BCUT2D eigenvalue weighted by Gasteiger charge is -2.12. The van der Waals surface area contributed by atoms with Crippen LogP contribution < -0.4 is 11.1 Å². The number of hydrogen-bond donors (Lipinski definition) is 2. The van der Waals surface area contributed by atoms with E-state index in [2.05, 4.69) is 30.6 Å². The minimum atomic E-state index is -0.242. The molecule has 1 amide bonds. The van der Waals surface area contributed by atoms with Crippen molar-refractivity contribution in [2.75, 3.05) is 5.32 Å². The third-order valence-electron chi connectivity index (χ3n) is 5.19. The van der Waals surface area contributed by atoms with Crippen molar-refractivity contribution in [2.24, 2.45) is 11.7 Å². The molecule has 0 radical (unpaired) electrons. The number of primary amides is 1. The van der Waals surface area contributed by atoms with Crippen LogP contribution in [0.1, 0.15) is 19.3 Å². The zero-order chi connectivity index (χ0) is 19.1. The average Bonchev–Trinajstić information content (AvgIpc) is 3.34. The number of amides is 1. The second-order valence-corrected chi connectivity index (χ2v) is 7.04. The Morgan fingerprint density at radius 3 is 2.96 bits per heavy atom. The predicted molar refractivity (Wildman–Crippen MR) is 104 cm³/mol. The number of rotatable bonds is 4. The van der Waals surface area contributed by atoms with Crippen LogP contribution in [0, 0.1) is 5.92 Å². The van der Waals surface area contributed by atoms with E-state index in [9.17, 15) is 4.79 Å². The van der Waals surface area contributed by atoms with E-state index in [1.54, 1.807) is 17.1 Å². The summed E-state index contributed by atoms with van der Waals surface area (Å²) in [4.78, 5) is 24.7. The Bertz CT molecular complexity index is 1190. The summed E-state index contributed by atoms with van der Waals surface area (Å²) in [5, 5.41) is 12.7. The van der Waals surface area contributed by atoms with Gasteiger partial charge < -0.3 is 11.1 Å². The summed E-state index contributed by atoms with van der Waals surface area (Å²) in [6.45, 7) is 0. The lowest BCUT2D eigenvalue weighted by atomic mass is 10.1. The molecule has 2 atom stereocenters. The fourth-order valence-corrected chi connectivity index (χ4v) is 3.72. The molecule has 1 aromatic carbocycles. The van der Waals surface area contributed by atoms with E-state index in [4.69, 9.17) is 5.73 Å². The van der Waals surface area contributed by atoms with Gasteiger partial charge in [0, 0.05) is 23.5 Å². The van der Waals surface area contributed by atoms with Gasteiger partial charge in [-0.05, 0) is 43.5 Å². The smallest absolute Gasteiger partial charge is 0.225 e. The number of pyridine rings is 1. The van der Waals surface area contributed by atoms with Crippen LogP contribution in [-0.2, 0) is 4.79 Å². The van der Waals surface area contributed by atoms with E-state index < -0.39 is 0 Å². The molecule has 0 aliphatic heterocycles. The van der Waals surface area contributed by atoms with Crippen LogP contribution in [0.3, 0.4) is 0 Å². The van der Waals surface area contributed by atoms with Crippen LogP contribution in [-0.4, -0.2) is 41.9 Å². The monoisotopic (exact) mass is 374 g/mol. The molecule has 4 aromatic rings. The minimum absolute atomic E-state index is 0.0837. The number of hydrogen-bond acceptors (Lipinski definition) is 7. The molecular weight excluding hydrogens is 356 g/mol. The summed E-state index contributed by atoms with van der Waals surface area (Å²) in [6.07, 6.45) is 5.77. The van der Waals surface area contributed by atoms with Crippen LogP contribution in [0.25, 0.3) is 27.8 Å². The third kappa shape index (κ3) is 2.90. The molecule has 0 bridgehead atoms. The minimum Gasteiger partial charge on any atom is -0.369 e. The second-order valence-electron chi connectivity index (χ2n) is 7.04. The topological polar surface area (TPSA) is 124 Å². The Hall–Kier alpha value is -3.62. The highest BCUT2D eigenvalue weighted by Crippen LogP contribution is 2.27. The maximum absolute atomic E-state index is 11.4. The fraction of sp³-hybridized carbons (Fsp3) is 0.263. The average molecular weight is 374 g/mol. The van der Waals surface area contributed by atoms with Crippen molar-refractivity contribution in [3.05, 3.63) is 42.7 Å². The molecule has 3 N–H and O–H groups in total. The van der Waals surface area contributed by atoms with Gasteiger partial charge in [-0.15, -0.1) is 5.10 Å². The van der Waals surface area contributed by atoms with E-state index in [-0.39, 0.29) is 17.9 Å². The maximum Gasteiger partial charge on any atom is 0.225 e. The van der Waals surface area contributed by atoms with Gasteiger partial charge in [-0.3, -0.25) is 9.78 Å². The van der Waals surface area contributed by atoms with Gasteiger partial charge in [0.05, 0.1) is 17.4 Å². The summed E-state index contributed by atoms with van der Waals surface area (Å²) in [5.41, 5.74) is 8.40. The zero-order valence-electron chi connectivity index (χ0n) is 15.0. The summed E-state index contributed by atoms with van der Waals surface area (Å²) >= 11 is 0. The molecule has 140 valence electrons. The first-order chi connectivity index (χ1) is 13.7. The Balaban J connectivity index is 1.47. The first-order valence-corrected chi connectivity index (χ1v) is 9.17. The van der Waals surface area contributed by atoms with Crippen molar-refractivity contribution in [1.29, 1.82) is 0 Å². The lowest BCUT2D eigenvalue weighted by Crippen LogP contribution is -2.23. The fourth-order valence-electron chi connectivity index (χ4n) is 3.72. The summed E-state index contributed by atoms with van der Waals surface area (Å²) < 4.78 is 1.69. The molecule has 28 heavy (non-hydrogen) atoms. The highest BCUT2D eigenvalue weighted by atomic mass is 16.1. The molecule has 9 heteroatoms. The normalized spacial score (nSPS) is 19.3. The molecule has 3 aromatic heterocycles. The summed E-state index contributed by atoms with van der Waals surface area (Å²) in [6, 6.07) is 9.92. The lowest BCUT2D eigenvalue weighted by molar-refractivity contribution is -0.121. The van der Waals surface area contributed by atoms with Gasteiger partial charge in [0.1, 0.15) is 0 Å². The van der Waals surface area contributed by atoms with Gasteiger partial charge in [-0.25, -0.2) is 4.98 Å². The molecule has 0 saturated heterocycles. The van der Waals surface area contributed by atoms with Gasteiger partial charge in [-0.2, -0.15) is 9.67 Å². The molecule has 5 rings (SSSR count). The van der Waals surface area contributed by atoms with Crippen molar-refractivity contribution in [3.63, 3.8) is 0 Å². The van der Waals surface area contributed by atoms with Gasteiger partial charge >= 0.3 is 0 Å². The molecular formula is C19H18N8O. The number of nitrogens with zero attached hydrogens (tertiary/aromatic N) is 6. The molecule has 3 heterocycles. The van der Waals surface area contributed by atoms with Gasteiger partial charge in [0.2, 0.25) is 11.9 Å². The van der Waals surface area contributed by atoms with Crippen molar-refractivity contribution in [3.8, 4) is 5.69 Å². The second kappa shape index (κ2) is 6.52. The number of fused-ring (bicyclic) bond motifs is 2. The van der Waals surface area contributed by atoms with E-state index in [1.807, 2.05) is 30.3 Å². The van der Waals surface area contributed by atoms with E-state index in [1.165, 1.54) is 0 Å². The molecule has 0 unspecified atom stereocenters. The molecule has 9 nitrogen and oxygen atoms in total. The quantitative estimate of drug-likeness (QED) is 0.558. The number of aromatic nitrogens is 6. The van der Waals surface area contributed by atoms with Crippen LogP contribution >= 0.6 is 0 Å². The van der Waals surface area contributed by atoms with Crippen molar-refractivity contribution in [1.82, 2.24) is 29.9 Å². The van der Waals surface area contributed by atoms with Crippen LogP contribution in [0.5, 0.6) is 0 Å². The first kappa shape index (κ1) is 16.5. The number of carbonyl (C=O) groups is 1. The van der Waals surface area contributed by atoms with Crippen LogP contribution in [0.4, 0.5) is 5.95 Å². The first-order valence-electron chi connectivity index (χ1n) is 9.17. The van der Waals surface area contributed by atoms with E-state index in [0.29, 0.717) is 23.5 Å². The molecule has 1 fully saturated rings. The molecule has 1 aliphatic rings. The number of anilines is 1. The zero-order valence-corrected chi connectivity index (χ0v) is 15.0. The largest absolute Gasteiger partial charge is 0.369 e. The highest BCUT2D eigenvalue weighted by Gasteiger charge is 2.28. The van der Waals surface area contributed by atoms with Gasteiger partial charge in [0.25, 0.3) is 0 Å². The number of nitrogens with two attached hydrogens (primary N) is 1. The Morgan fingerprint density at radius 1 is 1.18 bits per heavy atom. The van der Waals surface area contributed by atoms with Gasteiger partial charge in [0.15, 0.2) is 11.2 Å². The van der Waals surface area contributed by atoms with Crippen molar-refractivity contribution >= 4 is 33.9 Å². The Morgan fingerprint density at radius 2 is 2.11 bits per heavy atom. The summed E-state index contributed by atoms with van der Waals surface area (Å²) in [5.74, 6) is 0.169. The van der Waals surface area contributed by atoms with E-state index in [0.717, 1.165) is 29.4 Å². The Kier molecular flexibility index (Phi) is 3.85. The molecule has 1 saturated carbocycles. The SMILES string of the molecule is NC(=O)[C@H]1CC[C@@H](Nc2ncc3nnn(-c4ccc5ncccc5c4)c3n2)C1. The third-order valence-corrected chi connectivity index (χ3v) is 5.19. The van der Waals surface area contributed by atoms with Crippen LogP contribution in [0.15, 0.2) is 42.7 Å². The maximum atomic E-state index is 11.4. The standard InChI is InChI=1S/C19H18N8O/c20-17(28)12-3-4-13(8-12)23-19-22-10-16-18(24-19)27(26-25-16)14-5-6-15-11(9-14)2-1-7-21-15/h1-2,5-7,9-10,12-13H,3-4,8H2,(H2,20,28)(H,22,23,24)/t12-,13+/m0/s1. The van der Waals surface area contributed by atoms with Crippen LogP contribution in [0.2, 0.25) is 0 Å². The highest BCUT2D eigenvalue weighted by molar-refractivity contribution is 5.81. The van der Waals surface area contributed by atoms with E-state index >= 15 is 0 Å². The predicted octanol–water partition coefficient (Wildman–Crippen LogP) is 1.82. The van der Waals surface area contributed by atoms with Crippen molar-refractivity contribution in [2.45, 2.75) is 25.3 Å². The molecule has 0 spiro atoms. The molecule has 1 aliphatic carbocycles.